The molecule has 0 unspecified atom stereocenters. The molecule has 1 aromatic carbocycles. The molecule has 2 aromatic rings. The Morgan fingerprint density at radius 2 is 1.89 bits per heavy atom. The fraction of sp³-hybridized carbons (Fsp3) is 0.231. The first-order valence-electron chi connectivity index (χ1n) is 5.43. The second-order valence-electron chi connectivity index (χ2n) is 3.73. The Kier molecular flexibility index (Phi) is 3.41. The van der Waals surface area contributed by atoms with Crippen molar-refractivity contribution in [3.8, 4) is 11.5 Å². The van der Waals surface area contributed by atoms with Crippen LogP contribution in [-0.2, 0) is 9.53 Å². The van der Waals surface area contributed by atoms with E-state index in [0.29, 0.717) is 16.7 Å². The molecule has 19 heavy (non-hydrogen) atoms. The zero-order valence-electron chi connectivity index (χ0n) is 10.7. The Hall–Kier alpha value is -2.50. The summed E-state index contributed by atoms with van der Waals surface area (Å²) in [4.78, 5) is 22.5. The maximum atomic E-state index is 11.4. The highest BCUT2D eigenvalue weighted by Crippen LogP contribution is 2.33. The standard InChI is InChI=1S/C13H12O6/c1-7(14)18-10-4-8(16-2)5-11-9(10)6-12(19-11)13(15)17-3/h4-6H,1-3H3. The lowest BCUT2D eigenvalue weighted by Crippen LogP contribution is -2.01. The molecule has 0 saturated carbocycles. The van der Waals surface area contributed by atoms with Crippen LogP contribution < -0.4 is 9.47 Å². The van der Waals surface area contributed by atoms with Gasteiger partial charge in [-0.1, -0.05) is 0 Å². The van der Waals surface area contributed by atoms with Crippen molar-refractivity contribution in [2.45, 2.75) is 6.92 Å². The van der Waals surface area contributed by atoms with Crippen LogP contribution in [0.5, 0.6) is 11.5 Å². The topological polar surface area (TPSA) is 75.0 Å². The maximum absolute atomic E-state index is 11.4. The largest absolute Gasteiger partial charge is 0.496 e. The van der Waals surface area contributed by atoms with E-state index >= 15 is 0 Å². The van der Waals surface area contributed by atoms with E-state index in [4.69, 9.17) is 13.9 Å². The second kappa shape index (κ2) is 5.01. The van der Waals surface area contributed by atoms with Crippen molar-refractivity contribution in [2.24, 2.45) is 0 Å². The molecule has 0 N–H and O–H groups in total. The first-order chi connectivity index (χ1) is 9.05. The van der Waals surface area contributed by atoms with Gasteiger partial charge in [-0.15, -0.1) is 0 Å². The summed E-state index contributed by atoms with van der Waals surface area (Å²) in [5.74, 6) is -0.339. The third kappa shape index (κ3) is 2.52. The molecule has 1 heterocycles. The second-order valence-corrected chi connectivity index (χ2v) is 3.73. The summed E-state index contributed by atoms with van der Waals surface area (Å²) in [5.41, 5.74) is 0.371. The van der Waals surface area contributed by atoms with Gasteiger partial charge in [-0.2, -0.15) is 0 Å². The number of benzene rings is 1. The SMILES string of the molecule is COC(=O)c1cc2c(OC(C)=O)cc(OC)cc2o1. The highest BCUT2D eigenvalue weighted by atomic mass is 16.5. The van der Waals surface area contributed by atoms with Crippen molar-refractivity contribution in [2.75, 3.05) is 14.2 Å². The molecular formula is C13H12O6. The van der Waals surface area contributed by atoms with Crippen LogP contribution in [0.25, 0.3) is 11.0 Å². The van der Waals surface area contributed by atoms with Gasteiger partial charge in [0.15, 0.2) is 0 Å². The summed E-state index contributed by atoms with van der Waals surface area (Å²) in [6.45, 7) is 1.28. The Morgan fingerprint density at radius 3 is 2.47 bits per heavy atom. The number of esters is 2. The van der Waals surface area contributed by atoms with E-state index in [1.165, 1.54) is 27.2 Å². The van der Waals surface area contributed by atoms with E-state index in [1.807, 2.05) is 0 Å². The minimum Gasteiger partial charge on any atom is -0.496 e. The number of rotatable bonds is 3. The number of carbonyl (C=O) groups is 2. The summed E-state index contributed by atoms with van der Waals surface area (Å²) in [6.07, 6.45) is 0. The Morgan fingerprint density at radius 1 is 1.16 bits per heavy atom. The lowest BCUT2D eigenvalue weighted by atomic mass is 10.2. The van der Waals surface area contributed by atoms with Gasteiger partial charge in [0.2, 0.25) is 5.76 Å². The summed E-state index contributed by atoms with van der Waals surface area (Å²) in [6, 6.07) is 4.59. The summed E-state index contributed by atoms with van der Waals surface area (Å²) in [5, 5.41) is 0.497. The molecule has 0 saturated heterocycles. The minimum atomic E-state index is -0.607. The van der Waals surface area contributed by atoms with E-state index in [1.54, 1.807) is 12.1 Å². The molecule has 0 radical (unpaired) electrons. The van der Waals surface area contributed by atoms with Gasteiger partial charge in [0.05, 0.1) is 19.6 Å². The van der Waals surface area contributed by atoms with Crippen LogP contribution in [0.2, 0.25) is 0 Å². The number of carbonyl (C=O) groups excluding carboxylic acids is 2. The van der Waals surface area contributed by atoms with Crippen molar-refractivity contribution < 1.29 is 28.2 Å². The van der Waals surface area contributed by atoms with Gasteiger partial charge in [0.1, 0.15) is 17.1 Å². The summed E-state index contributed by atoms with van der Waals surface area (Å²) in [7, 11) is 2.73. The van der Waals surface area contributed by atoms with E-state index < -0.39 is 11.9 Å². The highest BCUT2D eigenvalue weighted by Gasteiger charge is 2.17. The molecule has 0 aliphatic heterocycles. The molecule has 0 aliphatic rings. The van der Waals surface area contributed by atoms with Crippen LogP contribution in [0, 0.1) is 0 Å². The van der Waals surface area contributed by atoms with Crippen molar-refractivity contribution >= 4 is 22.9 Å². The lowest BCUT2D eigenvalue weighted by molar-refractivity contribution is -0.131. The van der Waals surface area contributed by atoms with Gasteiger partial charge >= 0.3 is 11.9 Å². The third-order valence-corrected chi connectivity index (χ3v) is 2.45. The quantitative estimate of drug-likeness (QED) is 0.624. The van der Waals surface area contributed by atoms with Crippen molar-refractivity contribution in [3.63, 3.8) is 0 Å². The predicted octanol–water partition coefficient (Wildman–Crippen LogP) is 2.15. The van der Waals surface area contributed by atoms with Crippen molar-refractivity contribution in [3.05, 3.63) is 24.0 Å². The number of furan rings is 1. The molecule has 6 heteroatoms. The van der Waals surface area contributed by atoms with Gasteiger partial charge in [-0.25, -0.2) is 4.79 Å². The first kappa shape index (κ1) is 12.9. The molecule has 1 aromatic heterocycles. The first-order valence-corrected chi connectivity index (χ1v) is 5.43. The molecule has 0 aliphatic carbocycles. The van der Waals surface area contributed by atoms with E-state index in [0.717, 1.165) is 0 Å². The number of ether oxygens (including phenoxy) is 3. The minimum absolute atomic E-state index is 0.0270. The van der Waals surface area contributed by atoms with E-state index in [2.05, 4.69) is 4.74 Å². The molecule has 6 nitrogen and oxygen atoms in total. The van der Waals surface area contributed by atoms with Crippen LogP contribution in [0.15, 0.2) is 22.6 Å². The number of methoxy groups -OCH3 is 2. The zero-order chi connectivity index (χ0) is 14.0. The van der Waals surface area contributed by atoms with Crippen LogP contribution in [0.3, 0.4) is 0 Å². The van der Waals surface area contributed by atoms with Crippen molar-refractivity contribution in [1.29, 1.82) is 0 Å². The highest BCUT2D eigenvalue weighted by molar-refractivity contribution is 5.96. The number of hydrogen-bond acceptors (Lipinski definition) is 6. The summed E-state index contributed by atoms with van der Waals surface area (Å²) < 4.78 is 20.1. The fourth-order valence-corrected chi connectivity index (χ4v) is 1.64. The van der Waals surface area contributed by atoms with Gasteiger partial charge in [-0.3, -0.25) is 4.79 Å². The van der Waals surface area contributed by atoms with E-state index in [-0.39, 0.29) is 11.5 Å². The van der Waals surface area contributed by atoms with Crippen LogP contribution in [0.4, 0.5) is 0 Å². The third-order valence-electron chi connectivity index (χ3n) is 2.45. The monoisotopic (exact) mass is 264 g/mol. The predicted molar refractivity (Wildman–Crippen MR) is 65.4 cm³/mol. The van der Waals surface area contributed by atoms with Crippen LogP contribution in [0.1, 0.15) is 17.5 Å². The average molecular weight is 264 g/mol. The molecule has 100 valence electrons. The normalized spacial score (nSPS) is 10.3. The lowest BCUT2D eigenvalue weighted by Gasteiger charge is -2.05. The maximum Gasteiger partial charge on any atom is 0.373 e. The van der Waals surface area contributed by atoms with Gasteiger partial charge in [0, 0.05) is 25.1 Å². The Labute approximate surface area is 108 Å². The van der Waals surface area contributed by atoms with Crippen LogP contribution >= 0.6 is 0 Å². The zero-order valence-corrected chi connectivity index (χ0v) is 10.7. The average Bonchev–Trinajstić information content (AvgIpc) is 2.81. The number of fused-ring (bicyclic) bond motifs is 1. The molecular weight excluding hydrogens is 252 g/mol. The molecule has 2 rings (SSSR count). The Balaban J connectivity index is 2.60. The van der Waals surface area contributed by atoms with Crippen molar-refractivity contribution in [1.82, 2.24) is 0 Å². The Bertz CT molecular complexity index is 640. The van der Waals surface area contributed by atoms with Gasteiger partial charge in [0.25, 0.3) is 0 Å². The fourth-order valence-electron chi connectivity index (χ4n) is 1.64. The summed E-state index contributed by atoms with van der Waals surface area (Å²) >= 11 is 0. The van der Waals surface area contributed by atoms with Gasteiger partial charge < -0.3 is 18.6 Å². The molecule has 0 bridgehead atoms. The van der Waals surface area contributed by atoms with Gasteiger partial charge in [-0.05, 0) is 0 Å². The molecule has 0 atom stereocenters. The van der Waals surface area contributed by atoms with E-state index in [9.17, 15) is 9.59 Å². The molecule has 0 amide bonds. The number of hydrogen-bond donors (Lipinski definition) is 0. The smallest absolute Gasteiger partial charge is 0.373 e. The molecule has 0 fully saturated rings. The molecule has 0 spiro atoms. The van der Waals surface area contributed by atoms with Crippen LogP contribution in [-0.4, -0.2) is 26.2 Å².